The van der Waals surface area contributed by atoms with Gasteiger partial charge in [0.15, 0.2) is 0 Å². The summed E-state index contributed by atoms with van der Waals surface area (Å²) in [6.07, 6.45) is 3.47. The highest BCUT2D eigenvalue weighted by Gasteiger charge is 2.07. The molecule has 2 aromatic rings. The Hall–Kier alpha value is -1.29. The van der Waals surface area contributed by atoms with Crippen molar-refractivity contribution in [3.63, 3.8) is 0 Å². The van der Waals surface area contributed by atoms with Crippen LogP contribution in [0, 0.1) is 0 Å². The van der Waals surface area contributed by atoms with E-state index >= 15 is 0 Å². The van der Waals surface area contributed by atoms with E-state index in [1.807, 2.05) is 0 Å². The van der Waals surface area contributed by atoms with Crippen molar-refractivity contribution in [3.05, 3.63) is 55.7 Å². The molecular formula is C13H8Cl2O2S. The molecule has 1 aromatic heterocycles. The first-order valence-electron chi connectivity index (χ1n) is 5.03. The van der Waals surface area contributed by atoms with Gasteiger partial charge in [-0.3, -0.25) is 0 Å². The topological polar surface area (TPSA) is 37.3 Å². The highest BCUT2D eigenvalue weighted by Crippen LogP contribution is 2.32. The summed E-state index contributed by atoms with van der Waals surface area (Å²) in [6, 6.07) is 8.52. The van der Waals surface area contributed by atoms with Crippen LogP contribution in [0.2, 0.25) is 8.67 Å². The number of aromatic carboxylic acids is 1. The SMILES string of the molecule is O=C(O)c1ccccc1C=Cc1cc(Cl)sc1Cl. The molecule has 0 amide bonds. The van der Waals surface area contributed by atoms with Crippen molar-refractivity contribution in [2.24, 2.45) is 0 Å². The molecule has 1 heterocycles. The maximum Gasteiger partial charge on any atom is 0.336 e. The number of hydrogen-bond acceptors (Lipinski definition) is 2. The Balaban J connectivity index is 2.34. The molecule has 1 aromatic carbocycles. The van der Waals surface area contributed by atoms with Gasteiger partial charge in [-0.15, -0.1) is 11.3 Å². The number of benzene rings is 1. The lowest BCUT2D eigenvalue weighted by atomic mass is 10.1. The van der Waals surface area contributed by atoms with Gasteiger partial charge in [0.2, 0.25) is 0 Å². The summed E-state index contributed by atoms with van der Waals surface area (Å²) < 4.78 is 1.19. The molecule has 5 heteroatoms. The summed E-state index contributed by atoms with van der Waals surface area (Å²) in [5.41, 5.74) is 1.67. The van der Waals surface area contributed by atoms with Crippen LogP contribution in [-0.2, 0) is 0 Å². The van der Waals surface area contributed by atoms with Crippen molar-refractivity contribution >= 4 is 52.7 Å². The first-order chi connectivity index (χ1) is 8.58. The van der Waals surface area contributed by atoms with E-state index in [-0.39, 0.29) is 5.56 Å². The molecule has 0 aliphatic heterocycles. The molecule has 0 spiro atoms. The van der Waals surface area contributed by atoms with Crippen molar-refractivity contribution in [1.29, 1.82) is 0 Å². The van der Waals surface area contributed by atoms with Crippen LogP contribution in [0.1, 0.15) is 21.5 Å². The molecule has 18 heavy (non-hydrogen) atoms. The van der Waals surface area contributed by atoms with Crippen molar-refractivity contribution < 1.29 is 9.90 Å². The normalized spacial score (nSPS) is 11.0. The molecule has 2 rings (SSSR count). The number of thiophene rings is 1. The zero-order valence-corrected chi connectivity index (χ0v) is 11.4. The molecule has 2 nitrogen and oxygen atoms in total. The number of rotatable bonds is 3. The summed E-state index contributed by atoms with van der Waals surface area (Å²) in [6.45, 7) is 0. The van der Waals surface area contributed by atoms with Crippen molar-refractivity contribution in [2.75, 3.05) is 0 Å². The van der Waals surface area contributed by atoms with E-state index in [0.717, 1.165) is 5.56 Å². The predicted octanol–water partition coefficient (Wildman–Crippen LogP) is 4.92. The summed E-state index contributed by atoms with van der Waals surface area (Å²) in [7, 11) is 0. The largest absolute Gasteiger partial charge is 0.478 e. The molecule has 1 N–H and O–H groups in total. The first kappa shape index (κ1) is 13.1. The van der Waals surface area contributed by atoms with Gasteiger partial charge in [0.25, 0.3) is 0 Å². The third-order valence-electron chi connectivity index (χ3n) is 2.32. The maximum atomic E-state index is 11.0. The Morgan fingerprint density at radius 2 is 1.83 bits per heavy atom. The van der Waals surface area contributed by atoms with Gasteiger partial charge in [-0.2, -0.15) is 0 Å². The fourth-order valence-corrected chi connectivity index (χ4v) is 2.92. The van der Waals surface area contributed by atoms with Gasteiger partial charge in [-0.05, 0) is 17.7 Å². The number of hydrogen-bond donors (Lipinski definition) is 1. The summed E-state index contributed by atoms with van der Waals surface area (Å²) >= 11 is 13.1. The van der Waals surface area contributed by atoms with E-state index in [1.54, 1.807) is 42.5 Å². The highest BCUT2D eigenvalue weighted by molar-refractivity contribution is 7.20. The minimum absolute atomic E-state index is 0.256. The summed E-state index contributed by atoms with van der Waals surface area (Å²) in [5.74, 6) is -0.954. The second-order valence-corrected chi connectivity index (χ2v) is 5.79. The van der Waals surface area contributed by atoms with Crippen LogP contribution in [0.5, 0.6) is 0 Å². The van der Waals surface area contributed by atoms with Crippen LogP contribution in [0.4, 0.5) is 0 Å². The Kier molecular flexibility index (Phi) is 4.07. The number of halogens is 2. The van der Waals surface area contributed by atoms with Crippen LogP contribution in [0.25, 0.3) is 12.2 Å². The lowest BCUT2D eigenvalue weighted by Gasteiger charge is -1.99. The summed E-state index contributed by atoms with van der Waals surface area (Å²) in [4.78, 5) is 11.0. The molecule has 0 radical (unpaired) electrons. The molecule has 0 saturated heterocycles. The molecule has 0 bridgehead atoms. The third kappa shape index (κ3) is 2.93. The Morgan fingerprint density at radius 3 is 2.44 bits per heavy atom. The van der Waals surface area contributed by atoms with Crippen LogP contribution < -0.4 is 0 Å². The smallest absolute Gasteiger partial charge is 0.336 e. The molecule has 0 saturated carbocycles. The predicted molar refractivity (Wildman–Crippen MR) is 76.7 cm³/mol. The third-order valence-corrected chi connectivity index (χ3v) is 3.83. The average molecular weight is 299 g/mol. The van der Waals surface area contributed by atoms with Gasteiger partial charge in [0.05, 0.1) is 9.90 Å². The fourth-order valence-electron chi connectivity index (χ4n) is 1.48. The van der Waals surface area contributed by atoms with E-state index in [1.165, 1.54) is 11.3 Å². The van der Waals surface area contributed by atoms with Gasteiger partial charge < -0.3 is 5.11 Å². The first-order valence-corrected chi connectivity index (χ1v) is 6.60. The van der Waals surface area contributed by atoms with E-state index in [0.29, 0.717) is 14.2 Å². The quantitative estimate of drug-likeness (QED) is 0.873. The minimum atomic E-state index is -0.954. The lowest BCUT2D eigenvalue weighted by Crippen LogP contribution is -1.98. The van der Waals surface area contributed by atoms with Gasteiger partial charge in [-0.1, -0.05) is 53.6 Å². The second kappa shape index (κ2) is 5.57. The Bertz CT molecular complexity index is 617. The fraction of sp³-hybridized carbons (Fsp3) is 0. The van der Waals surface area contributed by atoms with E-state index in [2.05, 4.69) is 0 Å². The molecule has 0 fully saturated rings. The Morgan fingerprint density at radius 1 is 1.17 bits per heavy atom. The van der Waals surface area contributed by atoms with Crippen LogP contribution in [0.3, 0.4) is 0 Å². The van der Waals surface area contributed by atoms with Crippen molar-refractivity contribution in [3.8, 4) is 0 Å². The van der Waals surface area contributed by atoms with Gasteiger partial charge in [0, 0.05) is 5.56 Å². The van der Waals surface area contributed by atoms with Gasteiger partial charge in [0.1, 0.15) is 4.34 Å². The van der Waals surface area contributed by atoms with Crippen LogP contribution in [-0.4, -0.2) is 11.1 Å². The highest BCUT2D eigenvalue weighted by atomic mass is 35.5. The maximum absolute atomic E-state index is 11.0. The molecule has 0 atom stereocenters. The lowest BCUT2D eigenvalue weighted by molar-refractivity contribution is 0.0696. The van der Waals surface area contributed by atoms with Crippen LogP contribution >= 0.6 is 34.5 Å². The zero-order chi connectivity index (χ0) is 13.1. The molecule has 0 unspecified atom stereocenters. The van der Waals surface area contributed by atoms with Gasteiger partial charge >= 0.3 is 5.97 Å². The van der Waals surface area contributed by atoms with Crippen molar-refractivity contribution in [1.82, 2.24) is 0 Å². The zero-order valence-electron chi connectivity index (χ0n) is 9.06. The van der Waals surface area contributed by atoms with E-state index < -0.39 is 5.97 Å². The number of carboxylic acids is 1. The standard InChI is InChI=1S/C13H8Cl2O2S/c14-11-7-9(12(15)18-11)6-5-8-3-1-2-4-10(8)13(16)17/h1-7H,(H,16,17). The second-order valence-electron chi connectivity index (χ2n) is 3.51. The minimum Gasteiger partial charge on any atom is -0.478 e. The van der Waals surface area contributed by atoms with E-state index in [9.17, 15) is 4.79 Å². The van der Waals surface area contributed by atoms with Crippen molar-refractivity contribution in [2.45, 2.75) is 0 Å². The molecule has 0 aliphatic carbocycles. The average Bonchev–Trinajstić information content (AvgIpc) is 2.65. The van der Waals surface area contributed by atoms with Crippen LogP contribution in [0.15, 0.2) is 30.3 Å². The van der Waals surface area contributed by atoms with Gasteiger partial charge in [-0.25, -0.2) is 4.79 Å². The van der Waals surface area contributed by atoms with E-state index in [4.69, 9.17) is 28.3 Å². The number of carboxylic acid groups (broad SMARTS) is 1. The Labute approximate surface area is 118 Å². The monoisotopic (exact) mass is 298 g/mol. The molecule has 92 valence electrons. The number of carbonyl (C=O) groups is 1. The summed E-state index contributed by atoms with van der Waals surface area (Å²) in [5, 5.41) is 9.04. The molecule has 0 aliphatic rings. The molecular weight excluding hydrogens is 291 g/mol.